The van der Waals surface area contributed by atoms with Crippen molar-refractivity contribution in [2.75, 3.05) is 18.2 Å². The van der Waals surface area contributed by atoms with Crippen LogP contribution in [0.3, 0.4) is 0 Å². The highest BCUT2D eigenvalue weighted by molar-refractivity contribution is 9.13. The van der Waals surface area contributed by atoms with E-state index in [0.29, 0.717) is 56.2 Å². The minimum Gasteiger partial charge on any atom is -0.490 e. The van der Waals surface area contributed by atoms with Gasteiger partial charge < -0.3 is 14.6 Å². The minimum atomic E-state index is -1.07. The number of ether oxygens (including phenoxy) is 2. The molecule has 1 aliphatic rings. The molecular weight excluding hydrogens is 532 g/mol. The van der Waals surface area contributed by atoms with E-state index in [9.17, 15) is 14.7 Å². The Bertz CT molecular complexity index is 1110. The highest BCUT2D eigenvalue weighted by Gasteiger charge is 2.30. The molecule has 162 valence electrons. The Morgan fingerprint density at radius 3 is 2.52 bits per heavy atom. The van der Waals surface area contributed by atoms with Gasteiger partial charge >= 0.3 is 5.97 Å². The van der Waals surface area contributed by atoms with E-state index in [1.54, 1.807) is 31.2 Å². The topological polar surface area (TPSA) is 88.4 Å². The zero-order valence-corrected chi connectivity index (χ0v) is 20.3. The lowest BCUT2D eigenvalue weighted by atomic mass is 10.1. The van der Waals surface area contributed by atoms with Crippen LogP contribution in [-0.2, 0) is 4.79 Å². The van der Waals surface area contributed by atoms with Gasteiger partial charge in [-0.1, -0.05) is 6.07 Å². The average molecular weight is 552 g/mol. The Hall–Kier alpha value is -2.65. The van der Waals surface area contributed by atoms with Gasteiger partial charge in [-0.2, -0.15) is 10.1 Å². The molecule has 0 bridgehead atoms. The summed E-state index contributed by atoms with van der Waals surface area (Å²) in [6.07, 6.45) is 1.72. The van der Waals surface area contributed by atoms with Crippen LogP contribution in [0.15, 0.2) is 50.0 Å². The largest absolute Gasteiger partial charge is 0.490 e. The standard InChI is InChI=1S/C22H20Br2N2O5/c1-4-30-17-11-14(18(23)19(24)20(17)31-5-2)10-16-12(3)25-26(21(16)27)15-8-6-7-13(9-15)22(28)29/h6-11H,4-5H2,1-3H3,(H,28,29)/b16-10+. The first-order valence-corrected chi connectivity index (χ1v) is 11.1. The van der Waals surface area contributed by atoms with E-state index < -0.39 is 5.97 Å². The Morgan fingerprint density at radius 1 is 1.16 bits per heavy atom. The molecule has 1 heterocycles. The normalized spacial score (nSPS) is 14.7. The number of carbonyl (C=O) groups is 2. The molecule has 2 aromatic carbocycles. The highest BCUT2D eigenvalue weighted by Crippen LogP contribution is 2.44. The highest BCUT2D eigenvalue weighted by atomic mass is 79.9. The summed E-state index contributed by atoms with van der Waals surface area (Å²) in [6, 6.07) is 7.89. The first-order valence-electron chi connectivity index (χ1n) is 9.51. The lowest BCUT2D eigenvalue weighted by Crippen LogP contribution is -2.21. The third kappa shape index (κ3) is 4.67. The predicted molar refractivity (Wildman–Crippen MR) is 126 cm³/mol. The van der Waals surface area contributed by atoms with Gasteiger partial charge in [-0.05, 0) is 88.5 Å². The monoisotopic (exact) mass is 550 g/mol. The molecule has 0 spiro atoms. The van der Waals surface area contributed by atoms with Crippen molar-refractivity contribution in [2.45, 2.75) is 20.8 Å². The maximum atomic E-state index is 13.1. The fraction of sp³-hybridized carbons (Fsp3) is 0.227. The summed E-state index contributed by atoms with van der Waals surface area (Å²) < 4.78 is 12.8. The molecule has 0 saturated carbocycles. The van der Waals surface area contributed by atoms with Crippen LogP contribution in [0.5, 0.6) is 11.5 Å². The van der Waals surface area contributed by atoms with Crippen molar-refractivity contribution >= 4 is 61.2 Å². The summed E-state index contributed by atoms with van der Waals surface area (Å²) in [7, 11) is 0. The van der Waals surface area contributed by atoms with Gasteiger partial charge in [-0.3, -0.25) is 4.79 Å². The lowest BCUT2D eigenvalue weighted by molar-refractivity contribution is -0.114. The molecule has 1 aliphatic heterocycles. The molecule has 0 unspecified atom stereocenters. The summed E-state index contributed by atoms with van der Waals surface area (Å²) >= 11 is 7.10. The van der Waals surface area contributed by atoms with E-state index in [4.69, 9.17) is 9.47 Å². The van der Waals surface area contributed by atoms with E-state index in [1.165, 1.54) is 17.1 Å². The number of rotatable bonds is 7. The molecule has 3 rings (SSSR count). The molecule has 2 aromatic rings. The number of nitrogens with zero attached hydrogens (tertiary/aromatic N) is 2. The Kier molecular flexibility index (Phi) is 7.17. The molecule has 9 heteroatoms. The van der Waals surface area contributed by atoms with E-state index in [2.05, 4.69) is 37.0 Å². The van der Waals surface area contributed by atoms with Crippen LogP contribution in [0.2, 0.25) is 0 Å². The molecule has 0 aromatic heterocycles. The summed E-state index contributed by atoms with van der Waals surface area (Å²) in [5, 5.41) is 14.8. The van der Waals surface area contributed by atoms with E-state index in [-0.39, 0.29) is 11.5 Å². The number of hydrogen-bond donors (Lipinski definition) is 1. The molecule has 0 radical (unpaired) electrons. The number of hydrazone groups is 1. The van der Waals surface area contributed by atoms with Gasteiger partial charge in [0.1, 0.15) is 0 Å². The van der Waals surface area contributed by atoms with Gasteiger partial charge in [-0.25, -0.2) is 4.79 Å². The van der Waals surface area contributed by atoms with E-state index in [1.807, 2.05) is 13.8 Å². The van der Waals surface area contributed by atoms with Crippen molar-refractivity contribution in [1.82, 2.24) is 0 Å². The Balaban J connectivity index is 2.03. The lowest BCUT2D eigenvalue weighted by Gasteiger charge is -2.16. The van der Waals surface area contributed by atoms with Gasteiger partial charge in [0, 0.05) is 4.47 Å². The van der Waals surface area contributed by atoms with E-state index in [0.717, 1.165) is 0 Å². The van der Waals surface area contributed by atoms with Gasteiger partial charge in [0.15, 0.2) is 11.5 Å². The zero-order chi connectivity index (χ0) is 22.7. The minimum absolute atomic E-state index is 0.0788. The van der Waals surface area contributed by atoms with Crippen molar-refractivity contribution in [3.05, 3.63) is 56.0 Å². The van der Waals surface area contributed by atoms with Crippen LogP contribution in [-0.4, -0.2) is 35.9 Å². The average Bonchev–Trinajstić information content (AvgIpc) is 3.03. The second-order valence-corrected chi connectivity index (χ2v) is 8.09. The third-order valence-corrected chi connectivity index (χ3v) is 6.59. The van der Waals surface area contributed by atoms with Crippen molar-refractivity contribution in [3.63, 3.8) is 0 Å². The van der Waals surface area contributed by atoms with Crippen LogP contribution >= 0.6 is 31.9 Å². The molecule has 7 nitrogen and oxygen atoms in total. The molecule has 1 amide bonds. The number of hydrogen-bond acceptors (Lipinski definition) is 5. The second kappa shape index (κ2) is 9.65. The second-order valence-electron chi connectivity index (χ2n) is 6.50. The number of amides is 1. The van der Waals surface area contributed by atoms with E-state index >= 15 is 0 Å². The molecule has 0 atom stereocenters. The van der Waals surface area contributed by atoms with Crippen molar-refractivity contribution in [1.29, 1.82) is 0 Å². The smallest absolute Gasteiger partial charge is 0.335 e. The fourth-order valence-corrected chi connectivity index (χ4v) is 3.98. The van der Waals surface area contributed by atoms with Crippen LogP contribution in [0, 0.1) is 0 Å². The van der Waals surface area contributed by atoms with Crippen molar-refractivity contribution in [3.8, 4) is 11.5 Å². The Labute approximate surface area is 196 Å². The maximum Gasteiger partial charge on any atom is 0.335 e. The number of carbonyl (C=O) groups excluding carboxylic acids is 1. The molecule has 0 fully saturated rings. The first-order chi connectivity index (χ1) is 14.8. The number of aromatic carboxylic acids is 1. The number of carboxylic acid groups (broad SMARTS) is 1. The maximum absolute atomic E-state index is 13.1. The Morgan fingerprint density at radius 2 is 1.87 bits per heavy atom. The van der Waals surface area contributed by atoms with Crippen molar-refractivity contribution in [2.24, 2.45) is 5.10 Å². The molecule has 31 heavy (non-hydrogen) atoms. The molecule has 0 aliphatic carbocycles. The van der Waals surface area contributed by atoms with Crippen LogP contribution < -0.4 is 14.5 Å². The molecular formula is C22H20Br2N2O5. The number of carboxylic acids is 1. The summed E-state index contributed by atoms with van der Waals surface area (Å²) in [4.78, 5) is 24.4. The zero-order valence-electron chi connectivity index (χ0n) is 17.1. The van der Waals surface area contributed by atoms with Gasteiger partial charge in [0.2, 0.25) is 0 Å². The first kappa shape index (κ1) is 23.0. The third-order valence-electron chi connectivity index (χ3n) is 4.44. The summed E-state index contributed by atoms with van der Waals surface area (Å²) in [5.41, 5.74) is 2.07. The number of anilines is 1. The number of halogens is 2. The SMILES string of the molecule is CCOc1cc(/C=C2/C(=O)N(c3cccc(C(=O)O)c3)N=C2C)c(Br)c(Br)c1OCC. The van der Waals surface area contributed by atoms with Gasteiger partial charge in [0.25, 0.3) is 5.91 Å². The van der Waals surface area contributed by atoms with Crippen LogP contribution in [0.25, 0.3) is 6.08 Å². The molecule has 1 N–H and O–H groups in total. The quantitative estimate of drug-likeness (QED) is 0.458. The summed E-state index contributed by atoms with van der Waals surface area (Å²) in [5.74, 6) is -0.294. The predicted octanol–water partition coefficient (Wildman–Crippen LogP) is 5.51. The fourth-order valence-electron chi connectivity index (χ4n) is 3.04. The number of benzene rings is 2. The van der Waals surface area contributed by atoms with Gasteiger partial charge in [-0.15, -0.1) is 0 Å². The van der Waals surface area contributed by atoms with Crippen molar-refractivity contribution < 1.29 is 24.2 Å². The van der Waals surface area contributed by atoms with Crippen LogP contribution in [0.4, 0.5) is 5.69 Å². The van der Waals surface area contributed by atoms with Crippen LogP contribution in [0.1, 0.15) is 36.7 Å². The van der Waals surface area contributed by atoms with Gasteiger partial charge in [0.05, 0.1) is 40.2 Å². The summed E-state index contributed by atoms with van der Waals surface area (Å²) in [6.45, 7) is 6.42. The molecule has 0 saturated heterocycles.